The van der Waals surface area contributed by atoms with Gasteiger partial charge in [-0.2, -0.15) is 0 Å². The zero-order chi connectivity index (χ0) is 17.1. The monoisotopic (exact) mass is 343 g/mol. The van der Waals surface area contributed by atoms with Crippen molar-refractivity contribution in [3.63, 3.8) is 0 Å². The van der Waals surface area contributed by atoms with Crippen LogP contribution in [0, 0.1) is 6.92 Å². The van der Waals surface area contributed by atoms with Gasteiger partial charge in [-0.1, -0.05) is 17.7 Å². The van der Waals surface area contributed by atoms with Crippen LogP contribution in [0.3, 0.4) is 0 Å². The van der Waals surface area contributed by atoms with Crippen molar-refractivity contribution in [2.75, 3.05) is 26.9 Å². The quantitative estimate of drug-likeness (QED) is 0.468. The van der Waals surface area contributed by atoms with Gasteiger partial charge in [0.1, 0.15) is 0 Å². The molecule has 0 unspecified atom stereocenters. The predicted octanol–water partition coefficient (Wildman–Crippen LogP) is -0.173. The molecule has 1 aromatic rings. The van der Waals surface area contributed by atoms with Gasteiger partial charge in [-0.3, -0.25) is 14.9 Å². The fourth-order valence-corrected chi connectivity index (χ4v) is 4.09. The minimum absolute atomic E-state index is 0.136. The summed E-state index contributed by atoms with van der Waals surface area (Å²) in [6.07, 6.45) is -0.158. The van der Waals surface area contributed by atoms with Crippen LogP contribution in [0.15, 0.2) is 29.2 Å². The molecule has 3 N–H and O–H groups in total. The number of hydroxylamine groups is 1. The molecular weight excluding hydrogens is 322 g/mol. The summed E-state index contributed by atoms with van der Waals surface area (Å²) in [5, 5.41) is 8.72. The van der Waals surface area contributed by atoms with Gasteiger partial charge in [0.2, 0.25) is 15.9 Å². The Labute approximate surface area is 135 Å². The lowest BCUT2D eigenvalue weighted by Gasteiger charge is -2.49. The van der Waals surface area contributed by atoms with E-state index in [-0.39, 0.29) is 11.3 Å². The molecule has 128 valence electrons. The second-order valence-corrected chi connectivity index (χ2v) is 7.50. The number of benzene rings is 1. The normalized spacial score (nSPS) is 17.5. The third kappa shape index (κ3) is 4.27. The highest BCUT2D eigenvalue weighted by Gasteiger charge is 2.47. The fraction of sp³-hybridized carbons (Fsp3) is 0.500. The smallest absolute Gasteiger partial charge is 0.245 e. The summed E-state index contributed by atoms with van der Waals surface area (Å²) in [4.78, 5) is 13.5. The lowest BCUT2D eigenvalue weighted by molar-refractivity contribution is -0.133. The van der Waals surface area contributed by atoms with Crippen molar-refractivity contribution in [1.29, 1.82) is 0 Å². The third-order valence-corrected chi connectivity index (χ3v) is 5.26. The van der Waals surface area contributed by atoms with Gasteiger partial charge in [0.15, 0.2) is 0 Å². The minimum Gasteiger partial charge on any atom is -0.369 e. The van der Waals surface area contributed by atoms with Crippen molar-refractivity contribution in [2.45, 2.75) is 23.8 Å². The standard InChI is InChI=1S/C14H21N3O5S/c1-11-3-5-12(6-4-11)23(20,21)16-14(7-13(18)15-19)8-17(9-14)10-22-2/h3-6,16,19H,7-10H2,1-2H3,(H,15,18). The largest absolute Gasteiger partial charge is 0.369 e. The van der Waals surface area contributed by atoms with Crippen molar-refractivity contribution in [3.05, 3.63) is 29.8 Å². The second kappa shape index (κ2) is 6.93. The van der Waals surface area contributed by atoms with Crippen molar-refractivity contribution >= 4 is 15.9 Å². The van der Waals surface area contributed by atoms with Crippen LogP contribution >= 0.6 is 0 Å². The molecule has 0 aliphatic carbocycles. The van der Waals surface area contributed by atoms with Crippen LogP contribution in [-0.2, 0) is 19.6 Å². The van der Waals surface area contributed by atoms with Gasteiger partial charge >= 0.3 is 0 Å². The van der Waals surface area contributed by atoms with Gasteiger partial charge in [-0.15, -0.1) is 0 Å². The molecule has 0 saturated carbocycles. The first-order chi connectivity index (χ1) is 10.8. The van der Waals surface area contributed by atoms with Crippen LogP contribution in [-0.4, -0.2) is 56.9 Å². The highest BCUT2D eigenvalue weighted by Crippen LogP contribution is 2.27. The van der Waals surface area contributed by atoms with E-state index in [2.05, 4.69) is 4.72 Å². The van der Waals surface area contributed by atoms with E-state index in [0.29, 0.717) is 19.8 Å². The first-order valence-electron chi connectivity index (χ1n) is 7.05. The highest BCUT2D eigenvalue weighted by molar-refractivity contribution is 7.89. The Balaban J connectivity index is 2.17. The number of nitrogens with one attached hydrogen (secondary N) is 2. The molecule has 1 aliphatic rings. The van der Waals surface area contributed by atoms with Gasteiger partial charge in [-0.05, 0) is 19.1 Å². The van der Waals surface area contributed by atoms with Gasteiger partial charge in [0, 0.05) is 20.2 Å². The number of methoxy groups -OCH3 is 1. The summed E-state index contributed by atoms with van der Waals surface area (Å²) in [5.41, 5.74) is 1.53. The summed E-state index contributed by atoms with van der Waals surface area (Å²) in [7, 11) is -2.23. The van der Waals surface area contributed by atoms with E-state index in [0.717, 1.165) is 5.56 Å². The molecule has 9 heteroatoms. The second-order valence-electron chi connectivity index (χ2n) is 5.82. The summed E-state index contributed by atoms with van der Waals surface area (Å²) >= 11 is 0. The van der Waals surface area contributed by atoms with E-state index in [1.165, 1.54) is 19.2 Å². The number of hydrogen-bond acceptors (Lipinski definition) is 6. The first-order valence-corrected chi connectivity index (χ1v) is 8.53. The Bertz CT molecular complexity index is 653. The van der Waals surface area contributed by atoms with Crippen molar-refractivity contribution in [1.82, 2.24) is 15.1 Å². The summed E-state index contributed by atoms with van der Waals surface area (Å²) < 4.78 is 32.7. The maximum Gasteiger partial charge on any atom is 0.245 e. The maximum atomic E-state index is 12.5. The first kappa shape index (κ1) is 17.8. The number of aryl methyl sites for hydroxylation is 1. The van der Waals surface area contributed by atoms with Crippen LogP contribution in [0.5, 0.6) is 0 Å². The molecule has 23 heavy (non-hydrogen) atoms. The molecule has 1 aromatic carbocycles. The van der Waals surface area contributed by atoms with Gasteiger partial charge < -0.3 is 4.74 Å². The molecule has 0 spiro atoms. The van der Waals surface area contributed by atoms with Crippen LogP contribution in [0.2, 0.25) is 0 Å². The number of carbonyl (C=O) groups excluding carboxylic acids is 1. The van der Waals surface area contributed by atoms with Gasteiger partial charge in [0.25, 0.3) is 0 Å². The number of ether oxygens (including phenoxy) is 1. The van der Waals surface area contributed by atoms with E-state index in [1.807, 2.05) is 11.8 Å². The molecule has 0 aromatic heterocycles. The highest BCUT2D eigenvalue weighted by atomic mass is 32.2. The Morgan fingerprint density at radius 3 is 2.48 bits per heavy atom. The summed E-state index contributed by atoms with van der Waals surface area (Å²) in [5.74, 6) is -0.645. The minimum atomic E-state index is -3.77. The molecule has 0 atom stereocenters. The number of hydrogen-bond donors (Lipinski definition) is 3. The number of sulfonamides is 1. The Morgan fingerprint density at radius 1 is 1.35 bits per heavy atom. The summed E-state index contributed by atoms with van der Waals surface area (Å²) in [6, 6.07) is 6.45. The lowest BCUT2D eigenvalue weighted by Crippen LogP contribution is -2.71. The Hall–Kier alpha value is -1.52. The molecule has 1 fully saturated rings. The molecular formula is C14H21N3O5S. The average Bonchev–Trinajstić information content (AvgIpc) is 2.45. The van der Waals surface area contributed by atoms with E-state index < -0.39 is 21.5 Å². The molecule has 2 rings (SSSR count). The SMILES string of the molecule is COCN1CC(CC(=O)NO)(NS(=O)(=O)c2ccc(C)cc2)C1. The third-order valence-electron chi connectivity index (χ3n) is 3.67. The number of nitrogens with zero attached hydrogens (tertiary/aromatic N) is 1. The number of rotatable bonds is 7. The van der Waals surface area contributed by atoms with Crippen molar-refractivity contribution < 1.29 is 23.2 Å². The number of amides is 1. The van der Waals surface area contributed by atoms with Crippen LogP contribution in [0.25, 0.3) is 0 Å². The fourth-order valence-electron chi connectivity index (χ4n) is 2.70. The van der Waals surface area contributed by atoms with Crippen molar-refractivity contribution in [2.24, 2.45) is 0 Å². The maximum absolute atomic E-state index is 12.5. The van der Waals surface area contributed by atoms with E-state index in [4.69, 9.17) is 9.94 Å². The van der Waals surface area contributed by atoms with Crippen LogP contribution < -0.4 is 10.2 Å². The molecule has 0 bridgehead atoms. The van der Waals surface area contributed by atoms with Gasteiger partial charge in [-0.25, -0.2) is 18.6 Å². The predicted molar refractivity (Wildman–Crippen MR) is 82.2 cm³/mol. The molecule has 8 nitrogen and oxygen atoms in total. The molecule has 1 aliphatic heterocycles. The Morgan fingerprint density at radius 2 is 1.96 bits per heavy atom. The van der Waals surface area contributed by atoms with Gasteiger partial charge in [0.05, 0.1) is 23.6 Å². The summed E-state index contributed by atoms with van der Waals surface area (Å²) in [6.45, 7) is 2.85. The average molecular weight is 343 g/mol. The van der Waals surface area contributed by atoms with Crippen LogP contribution in [0.1, 0.15) is 12.0 Å². The topological polar surface area (TPSA) is 108 Å². The Kier molecular flexibility index (Phi) is 5.37. The zero-order valence-electron chi connectivity index (χ0n) is 13.1. The van der Waals surface area contributed by atoms with Crippen LogP contribution in [0.4, 0.5) is 0 Å². The number of likely N-dealkylation sites (tertiary alicyclic amines) is 1. The molecule has 1 heterocycles. The molecule has 0 radical (unpaired) electrons. The van der Waals surface area contributed by atoms with E-state index in [1.54, 1.807) is 17.6 Å². The van der Waals surface area contributed by atoms with Crippen molar-refractivity contribution in [3.8, 4) is 0 Å². The van der Waals surface area contributed by atoms with E-state index >= 15 is 0 Å². The molecule has 1 amide bonds. The number of carbonyl (C=O) groups is 1. The van der Waals surface area contributed by atoms with E-state index in [9.17, 15) is 13.2 Å². The molecule has 1 saturated heterocycles. The lowest BCUT2D eigenvalue weighted by atomic mass is 9.87. The zero-order valence-corrected chi connectivity index (χ0v) is 13.9.